The van der Waals surface area contributed by atoms with E-state index in [9.17, 15) is 0 Å². The minimum absolute atomic E-state index is 0.00456. The van der Waals surface area contributed by atoms with Gasteiger partial charge in [0.25, 0.3) is 26.9 Å². The van der Waals surface area contributed by atoms with E-state index in [0.29, 0.717) is 0 Å². The maximum Gasteiger partial charge on any atom is 0.257 e. The second-order valence-corrected chi connectivity index (χ2v) is 33.5. The third-order valence-electron chi connectivity index (χ3n) is 26.1. The van der Waals surface area contributed by atoms with Crippen LogP contribution in [0.4, 0.5) is 0 Å². The molecule has 0 saturated heterocycles. The van der Waals surface area contributed by atoms with Gasteiger partial charge in [-0.3, -0.25) is 0 Å². The topological polar surface area (TPSA) is 68.1 Å². The van der Waals surface area contributed by atoms with Crippen LogP contribution in [0.2, 0.25) is 0 Å². The number of para-hydroxylation sites is 7. The lowest BCUT2D eigenvalue weighted by Crippen LogP contribution is -2.52. The largest absolute Gasteiger partial charge is 0.458 e. The van der Waals surface area contributed by atoms with E-state index < -0.39 is 0 Å². The first-order chi connectivity index (χ1) is 57.8. The lowest BCUT2D eigenvalue weighted by atomic mass is 9.36. The first-order valence-corrected chi connectivity index (χ1v) is 41.2. The molecule has 7 nitrogen and oxygen atoms in total. The molecule has 0 bridgehead atoms. The molecular formula is C105H63B4NO6S. The molecule has 29 rings (SSSR count). The Labute approximate surface area is 679 Å². The van der Waals surface area contributed by atoms with Crippen LogP contribution in [-0.4, -0.2) is 31.4 Å². The van der Waals surface area contributed by atoms with Crippen LogP contribution < -0.4 is 79.0 Å². The Morgan fingerprint density at radius 1 is 0.308 bits per heavy atom. The number of hydrogen-bond acceptors (Lipinski definition) is 7. The Hall–Kier alpha value is -14.2. The number of furan rings is 2. The maximum absolute atomic E-state index is 6.59. The molecule has 0 fully saturated rings. The third kappa shape index (κ3) is 9.16. The molecule has 117 heavy (non-hydrogen) atoms. The zero-order valence-electron chi connectivity index (χ0n) is 63.5. The molecule has 4 aromatic heterocycles. The second kappa shape index (κ2) is 24.4. The molecule has 0 saturated carbocycles. The van der Waals surface area contributed by atoms with Crippen LogP contribution in [0.1, 0.15) is 30.5 Å². The SMILES string of the molecule is CC1(C)C2=C(B3c4cc5ccccc5cc4Oc4cccc2c43)c2ccccc21.c1cc2c3c(c1)-c1sc4ccccc4c1B3c1ccc(-c3cccc4c3oc3ccccc34)cc1O2.c1ccc(-n2c3c(c4ccccc42)B2c4ccccc4Oc4cccc-3c42)cc1.c1ccc2c(c1)Oc1cccc3c1B2c1c-3oc2ccccc12. The first kappa shape index (κ1) is 65.2. The predicted molar refractivity (Wildman–Crippen MR) is 486 cm³/mol. The molecule has 1 aliphatic carbocycles. The quantitative estimate of drug-likeness (QED) is 0.161. The van der Waals surface area contributed by atoms with Crippen molar-refractivity contribution in [3.05, 3.63) is 362 Å². The van der Waals surface area contributed by atoms with Crippen LogP contribution in [0.15, 0.2) is 355 Å². The summed E-state index contributed by atoms with van der Waals surface area (Å²) >= 11 is 1.89. The zero-order chi connectivity index (χ0) is 76.6. The Bertz CT molecular complexity index is 7820. The monoisotopic (exact) mass is 1510 g/mol. The molecule has 9 aliphatic rings. The Morgan fingerprint density at radius 3 is 1.57 bits per heavy atom. The molecule has 12 heteroatoms. The van der Waals surface area contributed by atoms with Crippen molar-refractivity contribution in [3.63, 3.8) is 0 Å². The predicted octanol–water partition coefficient (Wildman–Crippen LogP) is 19.6. The van der Waals surface area contributed by atoms with Gasteiger partial charge in [0.05, 0.1) is 5.52 Å². The summed E-state index contributed by atoms with van der Waals surface area (Å²) in [4.78, 5) is 1.38. The molecule has 0 unspecified atom stereocenters. The molecule has 12 heterocycles. The van der Waals surface area contributed by atoms with Crippen molar-refractivity contribution >= 4 is 174 Å². The van der Waals surface area contributed by atoms with Crippen molar-refractivity contribution < 1.29 is 27.8 Å². The van der Waals surface area contributed by atoms with E-state index in [0.717, 1.165) is 96.0 Å². The van der Waals surface area contributed by atoms with Crippen molar-refractivity contribution in [3.8, 4) is 95.8 Å². The fourth-order valence-corrected chi connectivity index (χ4v) is 22.7. The molecule has 0 N–H and O–H groups in total. The van der Waals surface area contributed by atoms with Gasteiger partial charge in [-0.15, -0.1) is 11.3 Å². The van der Waals surface area contributed by atoms with Crippen LogP contribution >= 0.6 is 11.3 Å². The smallest absolute Gasteiger partial charge is 0.257 e. The van der Waals surface area contributed by atoms with Gasteiger partial charge >= 0.3 is 0 Å². The molecule has 0 radical (unpaired) electrons. The van der Waals surface area contributed by atoms with Crippen molar-refractivity contribution in [1.29, 1.82) is 0 Å². The number of benzene rings is 16. The standard InChI is InChI=1S/C32H17BO2S.C27H19BO.C26H16BNO.C20H11BO2/c1-3-12-25-20(7-1)21-10-5-9-19(31(21)35-25)18-15-16-24-27(17-18)34-26-13-6-11-23-29(26)33(24)30-22-8-2-4-14-28(22)36-32(23)30;1-27(2)20-12-6-5-10-18(20)26-24(27)19-11-7-13-22-25(19)28(26)21-14-16-8-3-4-9-17(16)15-23(21)29-22;1-2-9-17(10-3-1)28-21-14-6-4-11-18(21)25-26(28)19-12-8-16-23-24(19)27(25)20-13-5-7-15-22(20)29-23;1-3-9-15-12(6-1)19-20(23-15)13-7-5-11-17-18(13)21(19)14-8-2-4-10-16(14)22-17/h1-17H;3-15H,1-2H3;1-16H;1-11H. The van der Waals surface area contributed by atoms with Gasteiger partial charge in [0.1, 0.15) is 68.5 Å². The van der Waals surface area contributed by atoms with Crippen molar-refractivity contribution in [2.24, 2.45) is 0 Å². The fourth-order valence-electron chi connectivity index (χ4n) is 21.4. The zero-order valence-corrected chi connectivity index (χ0v) is 64.3. The molecule has 8 aliphatic heterocycles. The summed E-state index contributed by atoms with van der Waals surface area (Å²) in [6, 6.07) is 122. The van der Waals surface area contributed by atoms with Crippen molar-refractivity contribution in [1.82, 2.24) is 4.57 Å². The van der Waals surface area contributed by atoms with E-state index in [1.165, 1.54) is 152 Å². The summed E-state index contributed by atoms with van der Waals surface area (Å²) in [6.45, 7) is 5.58. The van der Waals surface area contributed by atoms with E-state index in [4.69, 9.17) is 27.8 Å². The highest BCUT2D eigenvalue weighted by atomic mass is 32.1. The number of nitrogens with zero attached hydrogens (tertiary/aromatic N) is 1. The molecule has 0 spiro atoms. The minimum atomic E-state index is -0.00456. The summed E-state index contributed by atoms with van der Waals surface area (Å²) in [5.74, 6) is 8.73. The van der Waals surface area contributed by atoms with E-state index >= 15 is 0 Å². The lowest BCUT2D eigenvalue weighted by Gasteiger charge is -2.29. The second-order valence-electron chi connectivity index (χ2n) is 32.4. The highest BCUT2D eigenvalue weighted by molar-refractivity contribution is 7.27. The van der Waals surface area contributed by atoms with Gasteiger partial charge < -0.3 is 32.3 Å². The van der Waals surface area contributed by atoms with Gasteiger partial charge in [-0.2, -0.15) is 0 Å². The number of hydrogen-bond donors (Lipinski definition) is 0. The van der Waals surface area contributed by atoms with E-state index in [2.05, 4.69) is 322 Å². The Kier molecular flexibility index (Phi) is 13.6. The highest BCUT2D eigenvalue weighted by Gasteiger charge is 2.52. The van der Waals surface area contributed by atoms with E-state index in [-0.39, 0.29) is 32.3 Å². The molecule has 16 aromatic carbocycles. The van der Waals surface area contributed by atoms with Gasteiger partial charge in [-0.25, -0.2) is 0 Å². The number of fused-ring (bicyclic) bond motifs is 31. The van der Waals surface area contributed by atoms with Gasteiger partial charge in [0, 0.05) is 53.7 Å². The normalized spacial score (nSPS) is 14.1. The van der Waals surface area contributed by atoms with Gasteiger partial charge in [0.15, 0.2) is 0 Å². The summed E-state index contributed by atoms with van der Waals surface area (Å²) in [5, 5.41) is 8.66. The molecule has 20 aromatic rings. The number of aromatic nitrogens is 1. The minimum Gasteiger partial charge on any atom is -0.458 e. The van der Waals surface area contributed by atoms with Crippen LogP contribution in [0.5, 0.6) is 46.0 Å². The van der Waals surface area contributed by atoms with Crippen LogP contribution in [0.25, 0.3) is 126 Å². The first-order valence-electron chi connectivity index (χ1n) is 40.4. The summed E-state index contributed by atoms with van der Waals surface area (Å²) in [6.07, 6.45) is 0. The Morgan fingerprint density at radius 2 is 0.812 bits per heavy atom. The average Bonchev–Trinajstić information content (AvgIpc) is 1.53. The van der Waals surface area contributed by atoms with Gasteiger partial charge in [-0.1, -0.05) is 280 Å². The molecule has 0 amide bonds. The number of allylic oxidation sites excluding steroid dienone is 1. The summed E-state index contributed by atoms with van der Waals surface area (Å²) < 4.78 is 41.8. The van der Waals surface area contributed by atoms with Crippen molar-refractivity contribution in [2.75, 3.05) is 0 Å². The number of thiophene rings is 1. The molecule has 0 atom stereocenters. The van der Waals surface area contributed by atoms with E-state index in [1.54, 1.807) is 0 Å². The van der Waals surface area contributed by atoms with Crippen LogP contribution in [0.3, 0.4) is 0 Å². The molecule has 542 valence electrons. The Balaban J connectivity index is 0.0000000861. The van der Waals surface area contributed by atoms with Gasteiger partial charge in [-0.05, 0) is 206 Å². The van der Waals surface area contributed by atoms with Crippen LogP contribution in [0, 0.1) is 0 Å². The van der Waals surface area contributed by atoms with Gasteiger partial charge in [0.2, 0.25) is 0 Å². The lowest BCUT2D eigenvalue weighted by molar-refractivity contribution is 0.487. The fraction of sp³-hybridized carbons (Fsp3) is 0.0286. The summed E-state index contributed by atoms with van der Waals surface area (Å²) in [7, 11) is 0. The maximum atomic E-state index is 6.59. The average molecular weight is 1510 g/mol. The van der Waals surface area contributed by atoms with Crippen LogP contribution in [-0.2, 0) is 5.41 Å². The number of ether oxygens (including phenoxy) is 4. The van der Waals surface area contributed by atoms with Crippen molar-refractivity contribution in [2.45, 2.75) is 19.3 Å². The number of rotatable bonds is 2. The third-order valence-corrected chi connectivity index (χ3v) is 27.4. The van der Waals surface area contributed by atoms with E-state index in [1.807, 2.05) is 53.8 Å². The molecular weight excluding hydrogens is 1450 g/mol. The summed E-state index contributed by atoms with van der Waals surface area (Å²) in [5.41, 5.74) is 33.9. The highest BCUT2D eigenvalue weighted by Crippen LogP contribution is 2.56.